The van der Waals surface area contributed by atoms with Gasteiger partial charge in [-0.25, -0.2) is 4.98 Å². The molecule has 0 radical (unpaired) electrons. The highest BCUT2D eigenvalue weighted by molar-refractivity contribution is 5.90. The van der Waals surface area contributed by atoms with E-state index in [1.807, 2.05) is 37.3 Å². The van der Waals surface area contributed by atoms with E-state index in [2.05, 4.69) is 4.98 Å². The highest BCUT2D eigenvalue weighted by Crippen LogP contribution is 2.12. The summed E-state index contributed by atoms with van der Waals surface area (Å²) in [5.74, 6) is -0.634. The van der Waals surface area contributed by atoms with Gasteiger partial charge in [-0.2, -0.15) is 0 Å². The lowest BCUT2D eigenvalue weighted by atomic mass is 10.1. The quantitative estimate of drug-likeness (QED) is 0.900. The van der Waals surface area contributed by atoms with Crippen molar-refractivity contribution in [3.63, 3.8) is 0 Å². The Morgan fingerprint density at radius 3 is 2.60 bits per heavy atom. The van der Waals surface area contributed by atoms with Crippen molar-refractivity contribution >= 4 is 5.91 Å². The fourth-order valence-electron chi connectivity index (χ4n) is 2.02. The fraction of sp³-hybridized carbons (Fsp3) is 0.267. The van der Waals surface area contributed by atoms with Gasteiger partial charge in [-0.3, -0.25) is 9.59 Å². The maximum Gasteiger partial charge on any atom is 0.277 e. The van der Waals surface area contributed by atoms with Gasteiger partial charge in [-0.05, 0) is 6.42 Å². The molecule has 0 unspecified atom stereocenters. The number of aromatic nitrogens is 2. The van der Waals surface area contributed by atoms with Crippen molar-refractivity contribution in [2.24, 2.45) is 5.73 Å². The molecular weight excluding hydrogens is 254 g/mol. The molecule has 5 nitrogen and oxygen atoms in total. The Morgan fingerprint density at radius 1 is 1.30 bits per heavy atom. The van der Waals surface area contributed by atoms with Crippen molar-refractivity contribution < 1.29 is 4.79 Å². The number of carbonyl (C=O) groups excluding carboxylic acids is 1. The van der Waals surface area contributed by atoms with Crippen LogP contribution >= 0.6 is 0 Å². The van der Waals surface area contributed by atoms with E-state index in [0.717, 1.165) is 18.4 Å². The Bertz CT molecular complexity index is 663. The molecule has 2 N–H and O–H groups in total. The minimum atomic E-state index is -0.634. The molecule has 5 heteroatoms. The van der Waals surface area contributed by atoms with Gasteiger partial charge >= 0.3 is 0 Å². The first-order chi connectivity index (χ1) is 9.65. The molecule has 1 heterocycles. The Kier molecular flexibility index (Phi) is 4.30. The third kappa shape index (κ3) is 2.77. The normalized spacial score (nSPS) is 10.4. The van der Waals surface area contributed by atoms with E-state index in [-0.39, 0.29) is 11.3 Å². The van der Waals surface area contributed by atoms with Crippen molar-refractivity contribution in [1.82, 2.24) is 9.55 Å². The highest BCUT2D eigenvalue weighted by atomic mass is 16.2. The summed E-state index contributed by atoms with van der Waals surface area (Å²) in [6.45, 7) is 2.49. The van der Waals surface area contributed by atoms with Crippen LogP contribution in [0.4, 0.5) is 0 Å². The van der Waals surface area contributed by atoms with E-state index < -0.39 is 5.91 Å². The SMILES string of the molecule is CCCCn1c(C(N)=O)cnc(-c2ccccc2)c1=O. The van der Waals surface area contributed by atoms with Crippen molar-refractivity contribution in [1.29, 1.82) is 0 Å². The molecule has 0 aliphatic rings. The summed E-state index contributed by atoms with van der Waals surface area (Å²) in [6.07, 6.45) is 3.10. The van der Waals surface area contributed by atoms with Crippen LogP contribution in [0.25, 0.3) is 11.3 Å². The van der Waals surface area contributed by atoms with E-state index in [1.165, 1.54) is 10.8 Å². The summed E-state index contributed by atoms with van der Waals surface area (Å²) in [4.78, 5) is 28.0. The lowest BCUT2D eigenvalue weighted by Crippen LogP contribution is -2.31. The Balaban J connectivity index is 2.57. The molecular formula is C15H17N3O2. The molecule has 0 saturated carbocycles. The van der Waals surface area contributed by atoms with Crippen molar-refractivity contribution in [2.75, 3.05) is 0 Å². The minimum absolute atomic E-state index is 0.156. The van der Waals surface area contributed by atoms with E-state index in [0.29, 0.717) is 12.2 Å². The molecule has 0 bridgehead atoms. The van der Waals surface area contributed by atoms with Gasteiger partial charge < -0.3 is 10.3 Å². The zero-order chi connectivity index (χ0) is 14.5. The largest absolute Gasteiger partial charge is 0.364 e. The number of carbonyl (C=O) groups is 1. The van der Waals surface area contributed by atoms with Gasteiger partial charge in [-0.15, -0.1) is 0 Å². The number of hydrogen-bond donors (Lipinski definition) is 1. The molecule has 2 rings (SSSR count). The van der Waals surface area contributed by atoms with Crippen LogP contribution in [0.1, 0.15) is 30.3 Å². The number of hydrogen-bond acceptors (Lipinski definition) is 3. The monoisotopic (exact) mass is 271 g/mol. The lowest BCUT2D eigenvalue weighted by Gasteiger charge is -2.11. The first-order valence-electron chi connectivity index (χ1n) is 6.60. The van der Waals surface area contributed by atoms with Gasteiger partial charge in [0.25, 0.3) is 11.5 Å². The van der Waals surface area contributed by atoms with Gasteiger partial charge in [0.2, 0.25) is 0 Å². The van der Waals surface area contributed by atoms with Crippen LogP contribution in [0.2, 0.25) is 0 Å². The van der Waals surface area contributed by atoms with Gasteiger partial charge in [-0.1, -0.05) is 43.7 Å². The summed E-state index contributed by atoms with van der Waals surface area (Å²) >= 11 is 0. The number of benzene rings is 1. The van der Waals surface area contributed by atoms with Gasteiger partial charge in [0.05, 0.1) is 6.20 Å². The van der Waals surface area contributed by atoms with Crippen LogP contribution in [-0.4, -0.2) is 15.5 Å². The van der Waals surface area contributed by atoms with Crippen LogP contribution < -0.4 is 11.3 Å². The molecule has 0 spiro atoms. The first kappa shape index (κ1) is 14.0. The Morgan fingerprint density at radius 2 is 2.00 bits per heavy atom. The molecule has 2 aromatic rings. The summed E-state index contributed by atoms with van der Waals surface area (Å²) in [5.41, 5.74) is 6.26. The summed E-state index contributed by atoms with van der Waals surface area (Å²) in [7, 11) is 0. The summed E-state index contributed by atoms with van der Waals surface area (Å²) < 4.78 is 1.42. The third-order valence-electron chi connectivity index (χ3n) is 3.09. The van der Waals surface area contributed by atoms with E-state index in [4.69, 9.17) is 5.73 Å². The molecule has 0 aliphatic heterocycles. The smallest absolute Gasteiger partial charge is 0.277 e. The molecule has 20 heavy (non-hydrogen) atoms. The number of unbranched alkanes of at least 4 members (excludes halogenated alkanes) is 1. The fourth-order valence-corrected chi connectivity index (χ4v) is 2.02. The standard InChI is InChI=1S/C15H17N3O2/c1-2-3-9-18-12(14(16)19)10-17-13(15(18)20)11-7-5-4-6-8-11/h4-8,10H,2-3,9H2,1H3,(H2,16,19). The molecule has 0 atom stereocenters. The molecule has 1 amide bonds. The zero-order valence-electron chi connectivity index (χ0n) is 11.4. The van der Waals surface area contributed by atoms with Gasteiger partial charge in [0.15, 0.2) is 0 Å². The van der Waals surface area contributed by atoms with Crippen molar-refractivity contribution in [3.8, 4) is 11.3 Å². The molecule has 0 fully saturated rings. The Labute approximate surface area is 117 Å². The van der Waals surface area contributed by atoms with Crippen molar-refractivity contribution in [3.05, 3.63) is 52.6 Å². The minimum Gasteiger partial charge on any atom is -0.364 e. The maximum atomic E-state index is 12.5. The number of nitrogens with zero attached hydrogens (tertiary/aromatic N) is 2. The van der Waals surface area contributed by atoms with Crippen LogP contribution in [-0.2, 0) is 6.54 Å². The summed E-state index contributed by atoms with van der Waals surface area (Å²) in [6, 6.07) is 9.19. The maximum absolute atomic E-state index is 12.5. The van der Waals surface area contributed by atoms with E-state index in [9.17, 15) is 9.59 Å². The average Bonchev–Trinajstić information content (AvgIpc) is 2.46. The number of amides is 1. The number of primary amides is 1. The topological polar surface area (TPSA) is 78.0 Å². The molecule has 104 valence electrons. The lowest BCUT2D eigenvalue weighted by molar-refractivity contribution is 0.0989. The summed E-state index contributed by atoms with van der Waals surface area (Å²) in [5, 5.41) is 0. The predicted molar refractivity (Wildman–Crippen MR) is 77.4 cm³/mol. The first-order valence-corrected chi connectivity index (χ1v) is 6.60. The number of rotatable bonds is 5. The molecule has 0 aliphatic carbocycles. The molecule has 1 aromatic heterocycles. The predicted octanol–water partition coefficient (Wildman–Crippen LogP) is 1.81. The molecule has 0 saturated heterocycles. The van der Waals surface area contributed by atoms with Crippen LogP contribution in [0.15, 0.2) is 41.3 Å². The van der Waals surface area contributed by atoms with Crippen LogP contribution in [0, 0.1) is 0 Å². The van der Waals surface area contributed by atoms with E-state index in [1.54, 1.807) is 0 Å². The second-order valence-electron chi connectivity index (χ2n) is 4.53. The third-order valence-corrected chi connectivity index (χ3v) is 3.09. The van der Waals surface area contributed by atoms with Crippen molar-refractivity contribution in [2.45, 2.75) is 26.3 Å². The highest BCUT2D eigenvalue weighted by Gasteiger charge is 2.14. The van der Waals surface area contributed by atoms with E-state index >= 15 is 0 Å². The molecule has 1 aromatic carbocycles. The van der Waals surface area contributed by atoms with Crippen LogP contribution in [0.3, 0.4) is 0 Å². The number of nitrogens with two attached hydrogens (primary N) is 1. The second kappa shape index (κ2) is 6.14. The Hall–Kier alpha value is -2.43. The zero-order valence-corrected chi connectivity index (χ0v) is 11.4. The van der Waals surface area contributed by atoms with Gasteiger partial charge in [0.1, 0.15) is 11.4 Å². The van der Waals surface area contributed by atoms with Gasteiger partial charge in [0, 0.05) is 12.1 Å². The second-order valence-corrected chi connectivity index (χ2v) is 4.53. The average molecular weight is 271 g/mol. The van der Waals surface area contributed by atoms with Crippen LogP contribution in [0.5, 0.6) is 0 Å².